The molecule has 3 aromatic rings. The summed E-state index contributed by atoms with van der Waals surface area (Å²) >= 11 is 0. The average Bonchev–Trinajstić information content (AvgIpc) is 3.52. The van der Waals surface area contributed by atoms with Gasteiger partial charge in [-0.3, -0.25) is 13.9 Å². The van der Waals surface area contributed by atoms with Gasteiger partial charge in [0.2, 0.25) is 15.9 Å². The largest absolute Gasteiger partial charge is 0.329 e. The van der Waals surface area contributed by atoms with E-state index < -0.39 is 10.0 Å². The SMILES string of the molecule is CC(C)n1c(=O)n(CC(=O)N2CCc3ccccc32)c2cc(S(=O)(=O)N3CCCC3)ccc21. The molecule has 0 unspecified atom stereocenters. The number of hydrogen-bond donors (Lipinski definition) is 0. The normalized spacial score (nSPS) is 16.8. The first kappa shape index (κ1) is 21.9. The summed E-state index contributed by atoms with van der Waals surface area (Å²) in [5.41, 5.74) is 2.78. The molecule has 1 fully saturated rings. The fourth-order valence-corrected chi connectivity index (χ4v) is 6.50. The molecule has 0 aliphatic carbocycles. The van der Waals surface area contributed by atoms with Crippen molar-refractivity contribution in [3.8, 4) is 0 Å². The van der Waals surface area contributed by atoms with Crippen molar-refractivity contribution in [1.82, 2.24) is 13.4 Å². The molecule has 2 aliphatic rings. The fourth-order valence-electron chi connectivity index (χ4n) is 4.97. The van der Waals surface area contributed by atoms with Gasteiger partial charge in [-0.15, -0.1) is 0 Å². The Morgan fingerprint density at radius 2 is 1.73 bits per heavy atom. The third kappa shape index (κ3) is 3.59. The minimum absolute atomic E-state index is 0.134. The molecule has 9 heteroatoms. The molecule has 1 amide bonds. The van der Waals surface area contributed by atoms with E-state index in [1.165, 1.54) is 8.87 Å². The average molecular weight is 469 g/mol. The Morgan fingerprint density at radius 1 is 1.00 bits per heavy atom. The summed E-state index contributed by atoms with van der Waals surface area (Å²) in [4.78, 5) is 28.5. The van der Waals surface area contributed by atoms with E-state index in [-0.39, 0.29) is 29.1 Å². The molecule has 0 N–H and O–H groups in total. The van der Waals surface area contributed by atoms with Gasteiger partial charge in [0.25, 0.3) is 0 Å². The minimum atomic E-state index is -3.64. The number of imidazole rings is 1. The molecule has 0 saturated carbocycles. The van der Waals surface area contributed by atoms with Crippen molar-refractivity contribution in [1.29, 1.82) is 0 Å². The summed E-state index contributed by atoms with van der Waals surface area (Å²) in [7, 11) is -3.64. The number of carbonyl (C=O) groups is 1. The maximum Gasteiger partial charge on any atom is 0.329 e. The van der Waals surface area contributed by atoms with Crippen LogP contribution < -0.4 is 10.6 Å². The maximum atomic E-state index is 13.3. The lowest BCUT2D eigenvalue weighted by Gasteiger charge is -2.18. The summed E-state index contributed by atoms with van der Waals surface area (Å²) < 4.78 is 30.8. The van der Waals surface area contributed by atoms with Crippen LogP contribution in [0.1, 0.15) is 38.3 Å². The van der Waals surface area contributed by atoms with Gasteiger partial charge in [-0.25, -0.2) is 13.2 Å². The summed E-state index contributed by atoms with van der Waals surface area (Å²) in [5, 5.41) is 0. The number of benzene rings is 2. The molecule has 0 bridgehead atoms. The van der Waals surface area contributed by atoms with Crippen LogP contribution in [0, 0.1) is 0 Å². The smallest absolute Gasteiger partial charge is 0.310 e. The molecule has 33 heavy (non-hydrogen) atoms. The highest BCUT2D eigenvalue weighted by Gasteiger charge is 2.30. The highest BCUT2D eigenvalue weighted by Crippen LogP contribution is 2.29. The third-order valence-corrected chi connectivity index (χ3v) is 8.53. The topological polar surface area (TPSA) is 84.6 Å². The standard InChI is InChI=1S/C24H28N4O4S/c1-17(2)28-21-10-9-19(33(31,32)25-12-5-6-13-25)15-22(21)27(24(28)30)16-23(29)26-14-11-18-7-3-4-8-20(18)26/h3-4,7-10,15,17H,5-6,11-14,16H2,1-2H3. The molecule has 1 saturated heterocycles. The highest BCUT2D eigenvalue weighted by molar-refractivity contribution is 7.89. The van der Waals surface area contributed by atoms with E-state index in [1.807, 2.05) is 38.1 Å². The van der Waals surface area contributed by atoms with Gasteiger partial charge in [0.1, 0.15) is 6.54 Å². The summed E-state index contributed by atoms with van der Waals surface area (Å²) in [5.74, 6) is -0.183. The highest BCUT2D eigenvalue weighted by atomic mass is 32.2. The van der Waals surface area contributed by atoms with Gasteiger partial charge in [-0.2, -0.15) is 4.31 Å². The van der Waals surface area contributed by atoms with E-state index in [9.17, 15) is 18.0 Å². The molecule has 0 radical (unpaired) electrons. The Balaban J connectivity index is 1.58. The van der Waals surface area contributed by atoms with E-state index in [2.05, 4.69) is 0 Å². The van der Waals surface area contributed by atoms with Gasteiger partial charge >= 0.3 is 5.69 Å². The van der Waals surface area contributed by atoms with Crippen LogP contribution in [0.4, 0.5) is 5.69 Å². The number of fused-ring (bicyclic) bond motifs is 2. The first-order valence-corrected chi connectivity index (χ1v) is 12.9. The zero-order valence-corrected chi connectivity index (χ0v) is 19.7. The second kappa shape index (κ2) is 8.14. The number of anilines is 1. The van der Waals surface area contributed by atoms with Crippen molar-refractivity contribution in [3.63, 3.8) is 0 Å². The van der Waals surface area contributed by atoms with Gasteiger partial charge in [0.05, 0.1) is 15.9 Å². The summed E-state index contributed by atoms with van der Waals surface area (Å²) in [6.07, 6.45) is 2.48. The number of rotatable bonds is 5. The molecule has 1 aromatic heterocycles. The quantitative estimate of drug-likeness (QED) is 0.576. The van der Waals surface area contributed by atoms with E-state index >= 15 is 0 Å². The van der Waals surface area contributed by atoms with E-state index in [0.29, 0.717) is 30.7 Å². The summed E-state index contributed by atoms with van der Waals surface area (Å²) in [6.45, 7) is 5.25. The van der Waals surface area contributed by atoms with Crippen LogP contribution in [-0.4, -0.2) is 47.4 Å². The van der Waals surface area contributed by atoms with Crippen LogP contribution in [-0.2, 0) is 27.8 Å². The number of sulfonamides is 1. The number of amides is 1. The predicted octanol–water partition coefficient (Wildman–Crippen LogP) is 2.76. The van der Waals surface area contributed by atoms with Crippen molar-refractivity contribution >= 4 is 32.7 Å². The second-order valence-corrected chi connectivity index (χ2v) is 11.0. The first-order chi connectivity index (χ1) is 15.8. The molecular weight excluding hydrogens is 440 g/mol. The molecule has 0 spiro atoms. The molecule has 174 valence electrons. The molecule has 8 nitrogen and oxygen atoms in total. The van der Waals surface area contributed by atoms with E-state index in [4.69, 9.17) is 0 Å². The Hall–Kier alpha value is -2.91. The Morgan fingerprint density at radius 3 is 2.45 bits per heavy atom. The molecule has 2 aliphatic heterocycles. The third-order valence-electron chi connectivity index (χ3n) is 6.63. The van der Waals surface area contributed by atoms with Crippen LogP contribution in [0.15, 0.2) is 52.2 Å². The van der Waals surface area contributed by atoms with Crippen LogP contribution >= 0.6 is 0 Å². The molecule has 0 atom stereocenters. The Bertz CT molecular complexity index is 1400. The Kier molecular flexibility index (Phi) is 5.41. The van der Waals surface area contributed by atoms with Crippen molar-refractivity contribution < 1.29 is 13.2 Å². The van der Waals surface area contributed by atoms with Crippen molar-refractivity contribution in [2.24, 2.45) is 0 Å². The van der Waals surface area contributed by atoms with Gasteiger partial charge in [0, 0.05) is 31.4 Å². The van der Waals surface area contributed by atoms with Gasteiger partial charge in [0.15, 0.2) is 0 Å². The van der Waals surface area contributed by atoms with Crippen molar-refractivity contribution in [2.45, 2.75) is 50.6 Å². The number of hydrogen-bond acceptors (Lipinski definition) is 4. The van der Waals surface area contributed by atoms with Gasteiger partial charge in [-0.05, 0) is 62.9 Å². The zero-order valence-electron chi connectivity index (χ0n) is 18.9. The molecule has 2 aromatic carbocycles. The second-order valence-electron chi connectivity index (χ2n) is 9.02. The van der Waals surface area contributed by atoms with E-state index in [1.54, 1.807) is 27.7 Å². The zero-order chi connectivity index (χ0) is 23.3. The van der Waals surface area contributed by atoms with Crippen molar-refractivity contribution in [2.75, 3.05) is 24.5 Å². The monoisotopic (exact) mass is 468 g/mol. The van der Waals surface area contributed by atoms with Crippen LogP contribution in [0.5, 0.6) is 0 Å². The molecule has 3 heterocycles. The lowest BCUT2D eigenvalue weighted by atomic mass is 10.2. The Labute approximate surface area is 193 Å². The predicted molar refractivity (Wildman–Crippen MR) is 127 cm³/mol. The number of aromatic nitrogens is 2. The maximum absolute atomic E-state index is 13.3. The van der Waals surface area contributed by atoms with Crippen LogP contribution in [0.2, 0.25) is 0 Å². The number of carbonyl (C=O) groups excluding carboxylic acids is 1. The lowest BCUT2D eigenvalue weighted by molar-refractivity contribution is -0.119. The van der Waals surface area contributed by atoms with Crippen LogP contribution in [0.3, 0.4) is 0 Å². The van der Waals surface area contributed by atoms with Gasteiger partial charge in [-0.1, -0.05) is 18.2 Å². The number of para-hydroxylation sites is 1. The van der Waals surface area contributed by atoms with Gasteiger partial charge < -0.3 is 4.90 Å². The minimum Gasteiger partial charge on any atom is -0.310 e. The lowest BCUT2D eigenvalue weighted by Crippen LogP contribution is -2.36. The fraction of sp³-hybridized carbons (Fsp3) is 0.417. The van der Waals surface area contributed by atoms with Crippen molar-refractivity contribution in [3.05, 3.63) is 58.5 Å². The van der Waals surface area contributed by atoms with E-state index in [0.717, 1.165) is 30.5 Å². The summed E-state index contributed by atoms with van der Waals surface area (Å²) in [6, 6.07) is 12.4. The molecular formula is C24H28N4O4S. The van der Waals surface area contributed by atoms with Crippen LogP contribution in [0.25, 0.3) is 11.0 Å². The first-order valence-electron chi connectivity index (χ1n) is 11.4. The molecule has 5 rings (SSSR count). The number of nitrogens with zero attached hydrogens (tertiary/aromatic N) is 4.